The van der Waals surface area contributed by atoms with E-state index in [0.717, 1.165) is 38.5 Å². The predicted molar refractivity (Wildman–Crippen MR) is 111 cm³/mol. The van der Waals surface area contributed by atoms with Crippen molar-refractivity contribution in [1.29, 1.82) is 0 Å². The van der Waals surface area contributed by atoms with E-state index in [2.05, 4.69) is 22.1 Å². The normalized spacial score (nSPS) is 11.5. The van der Waals surface area contributed by atoms with Crippen LogP contribution >= 0.6 is 0 Å². The van der Waals surface area contributed by atoms with Gasteiger partial charge in [-0.15, -0.1) is 0 Å². The molecule has 0 amide bonds. The van der Waals surface area contributed by atoms with Crippen LogP contribution in [0.5, 0.6) is 0 Å². The van der Waals surface area contributed by atoms with Gasteiger partial charge in [-0.25, -0.2) is 0 Å². The van der Waals surface area contributed by atoms with Gasteiger partial charge in [0.1, 0.15) is 0 Å². The van der Waals surface area contributed by atoms with Crippen molar-refractivity contribution < 1.29 is 4.92 Å². The van der Waals surface area contributed by atoms with Crippen molar-refractivity contribution in [2.45, 2.75) is 5.92 Å². The van der Waals surface area contributed by atoms with E-state index in [1.807, 2.05) is 54.9 Å². The van der Waals surface area contributed by atoms with Gasteiger partial charge < -0.3 is 9.97 Å². The summed E-state index contributed by atoms with van der Waals surface area (Å²) in [5.74, 6) is -0.132. The predicted octanol–water partition coefficient (Wildman–Crippen LogP) is 5.74. The number of nitrogens with one attached hydrogen (secondary N) is 2. The summed E-state index contributed by atoms with van der Waals surface area (Å²) >= 11 is 0. The Kier molecular flexibility index (Phi) is 3.72. The molecule has 5 heteroatoms. The third-order valence-electron chi connectivity index (χ3n) is 5.28. The van der Waals surface area contributed by atoms with Crippen LogP contribution in [-0.4, -0.2) is 14.9 Å². The fourth-order valence-electron chi connectivity index (χ4n) is 4.01. The second-order valence-electron chi connectivity index (χ2n) is 6.86. The minimum Gasteiger partial charge on any atom is -0.361 e. The fraction of sp³-hybridized carbons (Fsp3) is 0.0435. The largest absolute Gasteiger partial charge is 0.361 e. The molecule has 0 bridgehead atoms. The Bertz CT molecular complexity index is 1240. The van der Waals surface area contributed by atoms with Gasteiger partial charge in [0.25, 0.3) is 5.69 Å². The van der Waals surface area contributed by atoms with E-state index >= 15 is 0 Å². The summed E-state index contributed by atoms with van der Waals surface area (Å²) in [6.07, 6.45) is 4.02. The molecule has 2 aromatic heterocycles. The minimum absolute atomic E-state index is 0.0992. The fourth-order valence-corrected chi connectivity index (χ4v) is 4.01. The first kappa shape index (κ1) is 16.3. The number of aromatic nitrogens is 2. The average molecular weight is 367 g/mol. The molecular weight excluding hydrogens is 350 g/mol. The molecule has 136 valence electrons. The van der Waals surface area contributed by atoms with E-state index < -0.39 is 0 Å². The lowest BCUT2D eigenvalue weighted by molar-refractivity contribution is -0.384. The molecule has 5 aromatic rings. The highest BCUT2D eigenvalue weighted by Gasteiger charge is 2.24. The molecule has 0 radical (unpaired) electrons. The number of nitro benzene ring substituents is 1. The van der Waals surface area contributed by atoms with Crippen molar-refractivity contribution in [1.82, 2.24) is 9.97 Å². The van der Waals surface area contributed by atoms with Crippen molar-refractivity contribution in [3.8, 4) is 0 Å². The summed E-state index contributed by atoms with van der Waals surface area (Å²) in [5.41, 5.74) is 5.29. The molecule has 0 unspecified atom stereocenters. The van der Waals surface area contributed by atoms with Gasteiger partial charge in [0, 0.05) is 52.3 Å². The van der Waals surface area contributed by atoms with E-state index in [-0.39, 0.29) is 16.5 Å². The maximum absolute atomic E-state index is 11.4. The average Bonchev–Trinajstić information content (AvgIpc) is 3.34. The zero-order valence-electron chi connectivity index (χ0n) is 14.9. The minimum atomic E-state index is -0.342. The maximum Gasteiger partial charge on any atom is 0.269 e. The number of fused-ring (bicyclic) bond motifs is 2. The first-order valence-electron chi connectivity index (χ1n) is 9.09. The van der Waals surface area contributed by atoms with E-state index in [4.69, 9.17) is 0 Å². The molecule has 0 aliphatic heterocycles. The topological polar surface area (TPSA) is 74.7 Å². The zero-order valence-corrected chi connectivity index (χ0v) is 14.9. The molecule has 0 spiro atoms. The van der Waals surface area contributed by atoms with Crippen molar-refractivity contribution in [3.63, 3.8) is 0 Å². The molecule has 3 aromatic carbocycles. The number of aromatic amines is 2. The highest BCUT2D eigenvalue weighted by Crippen LogP contribution is 2.40. The van der Waals surface area contributed by atoms with Gasteiger partial charge >= 0.3 is 0 Å². The van der Waals surface area contributed by atoms with Crippen LogP contribution in [0.3, 0.4) is 0 Å². The van der Waals surface area contributed by atoms with E-state index in [9.17, 15) is 10.1 Å². The number of para-hydroxylation sites is 2. The SMILES string of the molecule is O=[N+]([O-])c1cccc(C(c2c[nH]c3ccccc23)c2c[nH]c3ccccc23)c1. The van der Waals surface area contributed by atoms with Crippen LogP contribution in [0.15, 0.2) is 85.2 Å². The van der Waals surface area contributed by atoms with Crippen LogP contribution in [0, 0.1) is 10.1 Å². The number of nitrogens with zero attached hydrogens (tertiary/aromatic N) is 1. The van der Waals surface area contributed by atoms with Crippen molar-refractivity contribution in [3.05, 3.63) is 112 Å². The highest BCUT2D eigenvalue weighted by atomic mass is 16.6. The molecule has 2 N–H and O–H groups in total. The molecule has 5 rings (SSSR count). The monoisotopic (exact) mass is 367 g/mol. The molecule has 0 saturated carbocycles. The summed E-state index contributed by atoms with van der Waals surface area (Å²) in [6.45, 7) is 0. The molecule has 5 nitrogen and oxygen atoms in total. The number of hydrogen-bond acceptors (Lipinski definition) is 2. The highest BCUT2D eigenvalue weighted by molar-refractivity contribution is 5.89. The first-order chi connectivity index (χ1) is 13.7. The molecule has 0 atom stereocenters. The molecule has 0 fully saturated rings. The third kappa shape index (κ3) is 2.56. The van der Waals surface area contributed by atoms with Gasteiger partial charge in [-0.2, -0.15) is 0 Å². The second kappa shape index (κ2) is 6.39. The van der Waals surface area contributed by atoms with Crippen molar-refractivity contribution in [2.75, 3.05) is 0 Å². The van der Waals surface area contributed by atoms with Crippen LogP contribution in [0.25, 0.3) is 21.8 Å². The van der Waals surface area contributed by atoms with Crippen LogP contribution in [0.4, 0.5) is 5.69 Å². The lowest BCUT2D eigenvalue weighted by Gasteiger charge is -2.17. The number of benzene rings is 3. The summed E-state index contributed by atoms with van der Waals surface area (Å²) in [6, 6.07) is 23.2. The zero-order chi connectivity index (χ0) is 19.1. The van der Waals surface area contributed by atoms with Crippen LogP contribution < -0.4 is 0 Å². The number of rotatable bonds is 4. The van der Waals surface area contributed by atoms with Gasteiger partial charge in [0.05, 0.1) is 4.92 Å². The van der Waals surface area contributed by atoms with Crippen LogP contribution in [0.1, 0.15) is 22.6 Å². The maximum atomic E-state index is 11.4. The lowest BCUT2D eigenvalue weighted by Crippen LogP contribution is -2.03. The molecule has 0 aliphatic rings. The Balaban J connectivity index is 1.80. The summed E-state index contributed by atoms with van der Waals surface area (Å²) < 4.78 is 0. The van der Waals surface area contributed by atoms with Gasteiger partial charge in [-0.05, 0) is 28.8 Å². The number of nitro groups is 1. The summed E-state index contributed by atoms with van der Waals surface area (Å²) in [7, 11) is 0. The van der Waals surface area contributed by atoms with E-state index in [1.165, 1.54) is 6.07 Å². The number of H-pyrrole nitrogens is 2. The van der Waals surface area contributed by atoms with Crippen molar-refractivity contribution >= 4 is 27.5 Å². The molecular formula is C23H17N3O2. The Labute approximate surface area is 160 Å². The summed E-state index contributed by atoms with van der Waals surface area (Å²) in [5, 5.41) is 13.6. The smallest absolute Gasteiger partial charge is 0.269 e. The van der Waals surface area contributed by atoms with Crippen molar-refractivity contribution in [2.24, 2.45) is 0 Å². The standard InChI is InChI=1S/C23H17N3O2/c27-26(28)16-7-5-6-15(12-16)23(19-13-24-21-10-3-1-8-17(19)21)20-14-25-22-11-4-2-9-18(20)22/h1-14,23-25H. The van der Waals surface area contributed by atoms with E-state index in [1.54, 1.807) is 12.1 Å². The Morgan fingerprint density at radius 2 is 1.32 bits per heavy atom. The van der Waals surface area contributed by atoms with Gasteiger partial charge in [-0.1, -0.05) is 48.5 Å². The second-order valence-corrected chi connectivity index (χ2v) is 6.86. The Hall–Kier alpha value is -3.86. The van der Waals surface area contributed by atoms with E-state index in [0.29, 0.717) is 0 Å². The van der Waals surface area contributed by atoms with Gasteiger partial charge in [0.2, 0.25) is 0 Å². The molecule has 28 heavy (non-hydrogen) atoms. The van der Waals surface area contributed by atoms with Gasteiger partial charge in [0.15, 0.2) is 0 Å². The van der Waals surface area contributed by atoms with Crippen LogP contribution in [-0.2, 0) is 0 Å². The number of non-ortho nitro benzene ring substituents is 1. The quantitative estimate of drug-likeness (QED) is 0.314. The van der Waals surface area contributed by atoms with Gasteiger partial charge in [-0.3, -0.25) is 10.1 Å². The first-order valence-corrected chi connectivity index (χ1v) is 9.09. The molecule has 2 heterocycles. The third-order valence-corrected chi connectivity index (χ3v) is 5.28. The molecule has 0 saturated heterocycles. The van der Waals surface area contributed by atoms with Crippen LogP contribution in [0.2, 0.25) is 0 Å². The Morgan fingerprint density at radius 1 is 0.750 bits per heavy atom. The lowest BCUT2D eigenvalue weighted by atomic mass is 9.84. The number of hydrogen-bond donors (Lipinski definition) is 2. The summed E-state index contributed by atoms with van der Waals surface area (Å²) in [4.78, 5) is 17.7. The Morgan fingerprint density at radius 3 is 1.89 bits per heavy atom. The molecule has 0 aliphatic carbocycles.